The van der Waals surface area contributed by atoms with Gasteiger partial charge in [0, 0.05) is 6.04 Å². The molecule has 1 aliphatic heterocycles. The third-order valence-electron chi connectivity index (χ3n) is 4.72. The zero-order valence-corrected chi connectivity index (χ0v) is 12.9. The van der Waals surface area contributed by atoms with Crippen LogP contribution in [0.25, 0.3) is 0 Å². The van der Waals surface area contributed by atoms with Crippen LogP contribution in [0.4, 0.5) is 0 Å². The summed E-state index contributed by atoms with van der Waals surface area (Å²) in [7, 11) is 0. The van der Waals surface area contributed by atoms with Gasteiger partial charge >= 0.3 is 5.97 Å². The second-order valence-corrected chi connectivity index (χ2v) is 6.08. The molecule has 3 heteroatoms. The fourth-order valence-corrected chi connectivity index (χ4v) is 3.66. The van der Waals surface area contributed by atoms with Crippen LogP contribution >= 0.6 is 0 Å². The predicted octanol–water partition coefficient (Wildman–Crippen LogP) is 3.69. The van der Waals surface area contributed by atoms with Crippen molar-refractivity contribution in [3.63, 3.8) is 0 Å². The number of nitrogens with zero attached hydrogens (tertiary/aromatic N) is 1. The second kappa shape index (κ2) is 5.57. The highest BCUT2D eigenvalue weighted by Gasteiger charge is 2.48. The standard InChI is InChI=1S/C17H25NO2/c1-5-17(16(19)20)7-6-8-18(17)14(4)15-10-12(2)9-13(3)11-15/h9-11,14H,5-8H2,1-4H3,(H,19,20). The highest BCUT2D eigenvalue weighted by atomic mass is 16.4. The van der Waals surface area contributed by atoms with Gasteiger partial charge in [0.1, 0.15) is 5.54 Å². The number of rotatable bonds is 4. The van der Waals surface area contributed by atoms with E-state index in [1.165, 1.54) is 16.7 Å². The summed E-state index contributed by atoms with van der Waals surface area (Å²) in [5.41, 5.74) is 3.02. The number of likely N-dealkylation sites (tertiary alicyclic amines) is 1. The van der Waals surface area contributed by atoms with Crippen molar-refractivity contribution in [3.8, 4) is 0 Å². The number of hydrogen-bond acceptors (Lipinski definition) is 2. The topological polar surface area (TPSA) is 40.5 Å². The molecular weight excluding hydrogens is 250 g/mol. The molecular formula is C17H25NO2. The molecule has 1 N–H and O–H groups in total. The van der Waals surface area contributed by atoms with E-state index in [1.54, 1.807) is 0 Å². The number of aliphatic carboxylic acids is 1. The smallest absolute Gasteiger partial charge is 0.324 e. The molecule has 0 aliphatic carbocycles. The number of benzene rings is 1. The lowest BCUT2D eigenvalue weighted by molar-refractivity contribution is -0.151. The number of hydrogen-bond donors (Lipinski definition) is 1. The number of carboxylic acid groups (broad SMARTS) is 1. The SMILES string of the molecule is CCC1(C(=O)O)CCCN1C(C)c1cc(C)cc(C)c1. The van der Waals surface area contributed by atoms with Gasteiger partial charge in [-0.05, 0) is 52.1 Å². The van der Waals surface area contributed by atoms with E-state index in [4.69, 9.17) is 0 Å². The van der Waals surface area contributed by atoms with E-state index >= 15 is 0 Å². The van der Waals surface area contributed by atoms with Gasteiger partial charge in [-0.2, -0.15) is 0 Å². The normalized spacial score (nSPS) is 24.8. The molecule has 2 unspecified atom stereocenters. The summed E-state index contributed by atoms with van der Waals surface area (Å²) in [6.07, 6.45) is 2.39. The molecule has 1 aliphatic rings. The van der Waals surface area contributed by atoms with Crippen molar-refractivity contribution >= 4 is 5.97 Å². The maximum atomic E-state index is 11.8. The summed E-state index contributed by atoms with van der Waals surface area (Å²) < 4.78 is 0. The lowest BCUT2D eigenvalue weighted by Gasteiger charge is -2.38. The Morgan fingerprint density at radius 2 is 1.95 bits per heavy atom. The van der Waals surface area contributed by atoms with Crippen LogP contribution in [0.3, 0.4) is 0 Å². The van der Waals surface area contributed by atoms with Gasteiger partial charge < -0.3 is 5.11 Å². The number of aryl methyl sites for hydroxylation is 2. The quantitative estimate of drug-likeness (QED) is 0.911. The van der Waals surface area contributed by atoms with E-state index in [0.29, 0.717) is 6.42 Å². The summed E-state index contributed by atoms with van der Waals surface area (Å²) in [4.78, 5) is 14.0. The first-order chi connectivity index (χ1) is 9.40. The Labute approximate surface area is 121 Å². The lowest BCUT2D eigenvalue weighted by Crippen LogP contribution is -2.50. The van der Waals surface area contributed by atoms with E-state index in [-0.39, 0.29) is 6.04 Å². The van der Waals surface area contributed by atoms with Crippen molar-refractivity contribution in [1.82, 2.24) is 4.90 Å². The van der Waals surface area contributed by atoms with Crippen LogP contribution in [0.5, 0.6) is 0 Å². The third-order valence-corrected chi connectivity index (χ3v) is 4.72. The summed E-state index contributed by atoms with van der Waals surface area (Å²) in [6, 6.07) is 6.66. The zero-order valence-electron chi connectivity index (χ0n) is 12.9. The molecule has 0 spiro atoms. The van der Waals surface area contributed by atoms with E-state index in [9.17, 15) is 9.90 Å². The molecule has 1 heterocycles. The minimum Gasteiger partial charge on any atom is -0.480 e. The van der Waals surface area contributed by atoms with Crippen molar-refractivity contribution < 1.29 is 9.90 Å². The molecule has 0 bridgehead atoms. The Morgan fingerprint density at radius 3 is 2.45 bits per heavy atom. The first-order valence-electron chi connectivity index (χ1n) is 7.49. The van der Waals surface area contributed by atoms with Crippen molar-refractivity contribution in [2.45, 2.75) is 58.5 Å². The van der Waals surface area contributed by atoms with E-state index in [1.807, 2.05) is 6.92 Å². The molecule has 1 aromatic carbocycles. The van der Waals surface area contributed by atoms with Crippen LogP contribution in [0.1, 0.15) is 55.8 Å². The summed E-state index contributed by atoms with van der Waals surface area (Å²) >= 11 is 0. The average molecular weight is 275 g/mol. The van der Waals surface area contributed by atoms with E-state index < -0.39 is 11.5 Å². The van der Waals surface area contributed by atoms with Crippen LogP contribution in [0.2, 0.25) is 0 Å². The second-order valence-electron chi connectivity index (χ2n) is 6.08. The molecule has 0 saturated carbocycles. The molecule has 1 fully saturated rings. The van der Waals surface area contributed by atoms with E-state index in [0.717, 1.165) is 19.4 Å². The van der Waals surface area contributed by atoms with Gasteiger partial charge in [0.05, 0.1) is 0 Å². The van der Waals surface area contributed by atoms with Gasteiger partial charge in [-0.1, -0.05) is 36.2 Å². The summed E-state index contributed by atoms with van der Waals surface area (Å²) in [5, 5.41) is 9.70. The van der Waals surface area contributed by atoms with Crippen LogP contribution in [-0.4, -0.2) is 28.1 Å². The Morgan fingerprint density at radius 1 is 1.35 bits per heavy atom. The highest BCUT2D eigenvalue weighted by molar-refractivity contribution is 5.79. The van der Waals surface area contributed by atoms with Crippen molar-refractivity contribution in [2.75, 3.05) is 6.54 Å². The lowest BCUT2D eigenvalue weighted by atomic mass is 9.90. The summed E-state index contributed by atoms with van der Waals surface area (Å²) in [5.74, 6) is -0.672. The largest absolute Gasteiger partial charge is 0.480 e. The van der Waals surface area contributed by atoms with Gasteiger partial charge in [0.15, 0.2) is 0 Å². The van der Waals surface area contributed by atoms with Gasteiger partial charge in [-0.15, -0.1) is 0 Å². The molecule has 110 valence electrons. The molecule has 1 saturated heterocycles. The van der Waals surface area contributed by atoms with Crippen molar-refractivity contribution in [3.05, 3.63) is 34.9 Å². The van der Waals surface area contributed by atoms with Crippen LogP contribution in [0, 0.1) is 13.8 Å². The number of carboxylic acids is 1. The molecule has 1 aromatic rings. The predicted molar refractivity (Wildman–Crippen MR) is 80.9 cm³/mol. The highest BCUT2D eigenvalue weighted by Crippen LogP contribution is 2.39. The van der Waals surface area contributed by atoms with Crippen LogP contribution in [0.15, 0.2) is 18.2 Å². The maximum absolute atomic E-state index is 11.8. The minimum absolute atomic E-state index is 0.146. The first-order valence-corrected chi connectivity index (χ1v) is 7.49. The van der Waals surface area contributed by atoms with Crippen molar-refractivity contribution in [1.29, 1.82) is 0 Å². The Balaban J connectivity index is 2.36. The van der Waals surface area contributed by atoms with Gasteiger partial charge in [-0.3, -0.25) is 9.69 Å². The van der Waals surface area contributed by atoms with Crippen molar-refractivity contribution in [2.24, 2.45) is 0 Å². The van der Waals surface area contributed by atoms with Crippen LogP contribution in [-0.2, 0) is 4.79 Å². The molecule has 3 nitrogen and oxygen atoms in total. The Bertz CT molecular complexity index is 491. The average Bonchev–Trinajstić information content (AvgIpc) is 2.81. The Kier molecular flexibility index (Phi) is 4.19. The molecule has 2 atom stereocenters. The van der Waals surface area contributed by atoms with Crippen LogP contribution < -0.4 is 0 Å². The van der Waals surface area contributed by atoms with Gasteiger partial charge in [-0.25, -0.2) is 0 Å². The third kappa shape index (κ3) is 2.47. The first kappa shape index (κ1) is 15.0. The molecule has 0 amide bonds. The fourth-order valence-electron chi connectivity index (χ4n) is 3.66. The van der Waals surface area contributed by atoms with Gasteiger partial charge in [0.25, 0.3) is 0 Å². The molecule has 0 radical (unpaired) electrons. The minimum atomic E-state index is -0.683. The monoisotopic (exact) mass is 275 g/mol. The molecule has 20 heavy (non-hydrogen) atoms. The summed E-state index contributed by atoms with van der Waals surface area (Å²) in [6.45, 7) is 9.18. The fraction of sp³-hybridized carbons (Fsp3) is 0.588. The van der Waals surface area contributed by atoms with Gasteiger partial charge in [0.2, 0.25) is 0 Å². The molecule has 2 rings (SSSR count). The Hall–Kier alpha value is -1.35. The van der Waals surface area contributed by atoms with E-state index in [2.05, 4.69) is 43.9 Å². The molecule has 0 aromatic heterocycles. The zero-order chi connectivity index (χ0) is 14.9. The maximum Gasteiger partial charge on any atom is 0.324 e. The number of carbonyl (C=O) groups is 1.